The molecule has 1 aliphatic rings. The van der Waals surface area contributed by atoms with E-state index in [1.54, 1.807) is 16.8 Å². The topological polar surface area (TPSA) is 51.3 Å². The normalized spacial score (nSPS) is 21.4. The van der Waals surface area contributed by atoms with Gasteiger partial charge in [-0.05, 0) is 32.4 Å². The van der Waals surface area contributed by atoms with E-state index < -0.39 is 0 Å². The molecule has 0 aliphatic carbocycles. The molecular weight excluding hydrogens is 202 g/mol. The third-order valence-electron chi connectivity index (χ3n) is 3.33. The van der Waals surface area contributed by atoms with Crippen LogP contribution in [0.4, 0.5) is 5.69 Å². The fourth-order valence-corrected chi connectivity index (χ4v) is 2.29. The van der Waals surface area contributed by atoms with Gasteiger partial charge in [0.25, 0.3) is 5.56 Å². The van der Waals surface area contributed by atoms with E-state index in [1.165, 1.54) is 18.9 Å². The molecule has 0 bridgehead atoms. The van der Waals surface area contributed by atoms with Gasteiger partial charge in [0.1, 0.15) is 0 Å². The fraction of sp³-hybridized carbons (Fsp3) is 0.583. The van der Waals surface area contributed by atoms with Gasteiger partial charge in [-0.2, -0.15) is 0 Å². The summed E-state index contributed by atoms with van der Waals surface area (Å²) >= 11 is 0. The lowest BCUT2D eigenvalue weighted by Gasteiger charge is -2.21. The van der Waals surface area contributed by atoms with E-state index in [9.17, 15) is 4.79 Å². The Bertz CT molecular complexity index is 413. The maximum atomic E-state index is 11.5. The molecule has 2 rings (SSSR count). The number of anilines is 1. The number of hydrogen-bond acceptors (Lipinski definition) is 3. The van der Waals surface area contributed by atoms with Crippen LogP contribution in [0.5, 0.6) is 0 Å². The van der Waals surface area contributed by atoms with E-state index in [4.69, 9.17) is 5.73 Å². The van der Waals surface area contributed by atoms with Crippen molar-refractivity contribution in [2.75, 3.05) is 18.8 Å². The summed E-state index contributed by atoms with van der Waals surface area (Å²) in [5.74, 6) is 0. The van der Waals surface area contributed by atoms with Gasteiger partial charge in [-0.25, -0.2) is 0 Å². The zero-order valence-electron chi connectivity index (χ0n) is 9.72. The number of nitrogens with zero attached hydrogens (tertiary/aromatic N) is 2. The minimum atomic E-state index is 0.0288. The van der Waals surface area contributed by atoms with Crippen molar-refractivity contribution in [2.45, 2.75) is 32.4 Å². The smallest absolute Gasteiger partial charge is 0.250 e. The average Bonchev–Trinajstić information content (AvgIpc) is 2.66. The molecule has 1 unspecified atom stereocenters. The van der Waals surface area contributed by atoms with Crippen LogP contribution in [0.25, 0.3) is 0 Å². The van der Waals surface area contributed by atoms with Crippen molar-refractivity contribution in [3.8, 4) is 0 Å². The van der Waals surface area contributed by atoms with Crippen molar-refractivity contribution in [3.05, 3.63) is 28.7 Å². The molecule has 1 atom stereocenters. The van der Waals surface area contributed by atoms with E-state index in [0.717, 1.165) is 19.6 Å². The molecule has 0 spiro atoms. The number of nitrogens with two attached hydrogens (primary N) is 1. The van der Waals surface area contributed by atoms with Crippen molar-refractivity contribution < 1.29 is 0 Å². The van der Waals surface area contributed by atoms with Gasteiger partial charge in [0.15, 0.2) is 0 Å². The molecule has 1 aromatic heterocycles. The van der Waals surface area contributed by atoms with Crippen molar-refractivity contribution >= 4 is 5.69 Å². The third kappa shape index (κ3) is 2.44. The minimum absolute atomic E-state index is 0.0288. The number of hydrogen-bond donors (Lipinski definition) is 1. The Hall–Kier alpha value is -1.29. The van der Waals surface area contributed by atoms with Crippen LogP contribution in [-0.4, -0.2) is 28.6 Å². The second kappa shape index (κ2) is 4.70. The van der Waals surface area contributed by atoms with Crippen LogP contribution in [0.1, 0.15) is 19.8 Å². The van der Waals surface area contributed by atoms with Crippen LogP contribution in [0, 0.1) is 0 Å². The molecule has 1 saturated heterocycles. The molecule has 4 heteroatoms. The lowest BCUT2D eigenvalue weighted by atomic mass is 10.2. The largest absolute Gasteiger partial charge is 0.398 e. The van der Waals surface area contributed by atoms with Crippen molar-refractivity contribution in [2.24, 2.45) is 0 Å². The van der Waals surface area contributed by atoms with Crippen LogP contribution in [0.15, 0.2) is 23.1 Å². The van der Waals surface area contributed by atoms with Gasteiger partial charge < -0.3 is 10.3 Å². The Kier molecular flexibility index (Phi) is 3.29. The summed E-state index contributed by atoms with van der Waals surface area (Å²) in [5.41, 5.74) is 6.34. The van der Waals surface area contributed by atoms with E-state index >= 15 is 0 Å². The first-order valence-corrected chi connectivity index (χ1v) is 5.87. The highest BCUT2D eigenvalue weighted by Gasteiger charge is 2.19. The number of rotatable bonds is 3. The maximum Gasteiger partial charge on any atom is 0.250 e. The van der Waals surface area contributed by atoms with Crippen molar-refractivity contribution in [1.82, 2.24) is 9.47 Å². The standard InChI is InChI=1S/C12H19N3O/c1-10-3-2-6-14(10)7-8-15-9-11(13)4-5-12(15)16/h4-5,9-10H,2-3,6-8,13H2,1H3. The van der Waals surface area contributed by atoms with Gasteiger partial charge in [0.05, 0.1) is 0 Å². The number of aromatic nitrogens is 1. The highest BCUT2D eigenvalue weighted by Crippen LogP contribution is 2.15. The summed E-state index contributed by atoms with van der Waals surface area (Å²) in [6.45, 7) is 5.06. The number of nitrogen functional groups attached to an aromatic ring is 1. The van der Waals surface area contributed by atoms with Gasteiger partial charge in [-0.15, -0.1) is 0 Å². The molecule has 0 radical (unpaired) electrons. The minimum Gasteiger partial charge on any atom is -0.398 e. The number of likely N-dealkylation sites (tertiary alicyclic amines) is 1. The lowest BCUT2D eigenvalue weighted by molar-refractivity contribution is 0.257. The average molecular weight is 221 g/mol. The summed E-state index contributed by atoms with van der Waals surface area (Å²) in [6, 6.07) is 3.83. The molecule has 1 fully saturated rings. The van der Waals surface area contributed by atoms with Gasteiger partial charge in [-0.1, -0.05) is 0 Å². The SMILES string of the molecule is CC1CCCN1CCn1cc(N)ccc1=O. The molecule has 1 aliphatic heterocycles. The molecule has 1 aromatic rings. The molecule has 4 nitrogen and oxygen atoms in total. The summed E-state index contributed by atoms with van der Waals surface area (Å²) < 4.78 is 1.69. The Labute approximate surface area is 95.7 Å². The van der Waals surface area contributed by atoms with Crippen LogP contribution >= 0.6 is 0 Å². The summed E-state index contributed by atoms with van der Waals surface area (Å²) in [7, 11) is 0. The zero-order valence-corrected chi connectivity index (χ0v) is 9.72. The quantitative estimate of drug-likeness (QED) is 0.825. The predicted molar refractivity (Wildman–Crippen MR) is 65.4 cm³/mol. The van der Waals surface area contributed by atoms with E-state index in [2.05, 4.69) is 11.8 Å². The monoisotopic (exact) mass is 221 g/mol. The Balaban J connectivity index is 1.99. The predicted octanol–water partition coefficient (Wildman–Crippen LogP) is 0.915. The molecule has 2 heterocycles. The van der Waals surface area contributed by atoms with Gasteiger partial charge in [0, 0.05) is 37.1 Å². The first-order chi connectivity index (χ1) is 7.66. The summed E-state index contributed by atoms with van der Waals surface area (Å²) in [4.78, 5) is 14.0. The van der Waals surface area contributed by atoms with Crippen LogP contribution in [0.3, 0.4) is 0 Å². The Morgan fingerprint density at radius 1 is 1.44 bits per heavy atom. The van der Waals surface area contributed by atoms with Crippen molar-refractivity contribution in [3.63, 3.8) is 0 Å². The number of pyridine rings is 1. The molecule has 0 amide bonds. The summed E-state index contributed by atoms with van der Waals surface area (Å²) in [6.07, 6.45) is 4.27. The Morgan fingerprint density at radius 3 is 2.94 bits per heavy atom. The molecule has 0 aromatic carbocycles. The lowest BCUT2D eigenvalue weighted by Crippen LogP contribution is -2.32. The molecular formula is C12H19N3O. The van der Waals surface area contributed by atoms with Gasteiger partial charge in [-0.3, -0.25) is 9.69 Å². The van der Waals surface area contributed by atoms with Crippen LogP contribution < -0.4 is 11.3 Å². The van der Waals surface area contributed by atoms with Gasteiger partial charge >= 0.3 is 0 Å². The Morgan fingerprint density at radius 2 is 2.25 bits per heavy atom. The second-order valence-corrected chi connectivity index (χ2v) is 4.52. The fourth-order valence-electron chi connectivity index (χ4n) is 2.29. The van der Waals surface area contributed by atoms with E-state index in [1.807, 2.05) is 0 Å². The molecule has 0 saturated carbocycles. The van der Waals surface area contributed by atoms with Crippen LogP contribution in [-0.2, 0) is 6.54 Å². The molecule has 2 N–H and O–H groups in total. The van der Waals surface area contributed by atoms with Crippen LogP contribution in [0.2, 0.25) is 0 Å². The van der Waals surface area contributed by atoms with E-state index in [0.29, 0.717) is 11.7 Å². The van der Waals surface area contributed by atoms with E-state index in [-0.39, 0.29) is 5.56 Å². The van der Waals surface area contributed by atoms with Gasteiger partial charge in [0.2, 0.25) is 0 Å². The zero-order chi connectivity index (χ0) is 11.5. The highest BCUT2D eigenvalue weighted by molar-refractivity contribution is 5.33. The first-order valence-electron chi connectivity index (χ1n) is 5.87. The third-order valence-corrected chi connectivity index (χ3v) is 3.33. The second-order valence-electron chi connectivity index (χ2n) is 4.52. The maximum absolute atomic E-state index is 11.5. The highest BCUT2D eigenvalue weighted by atomic mass is 16.1. The molecule has 16 heavy (non-hydrogen) atoms. The summed E-state index contributed by atoms with van der Waals surface area (Å²) in [5, 5.41) is 0. The first kappa shape index (κ1) is 11.2. The van der Waals surface area contributed by atoms with Crippen molar-refractivity contribution in [1.29, 1.82) is 0 Å². The molecule has 88 valence electrons.